The molecule has 0 radical (unpaired) electrons. The second-order valence-corrected chi connectivity index (χ2v) is 7.78. The number of carbonyl (C=O) groups excluding carboxylic acids is 1. The summed E-state index contributed by atoms with van der Waals surface area (Å²) in [6.45, 7) is -0.426. The molecule has 0 unspecified atom stereocenters. The second kappa shape index (κ2) is 10.9. The fourth-order valence-electron chi connectivity index (χ4n) is 2.71. The molecule has 236 valence electrons. The third-order valence-electron chi connectivity index (χ3n) is 4.95. The third kappa shape index (κ3) is 5.99. The van der Waals surface area contributed by atoms with E-state index >= 15 is 0 Å². The minimum absolute atomic E-state index is 0.384. The van der Waals surface area contributed by atoms with Crippen molar-refractivity contribution >= 4 is 18.5 Å². The van der Waals surface area contributed by atoms with Crippen molar-refractivity contribution in [2.24, 2.45) is 5.73 Å². The van der Waals surface area contributed by atoms with Crippen LogP contribution in [-0.4, -0.2) is 60.6 Å². The lowest BCUT2D eigenvalue weighted by molar-refractivity contribution is -0.404. The molecule has 0 aliphatic carbocycles. The maximum absolute atomic E-state index is 14.6. The first kappa shape index (κ1) is 36.4. The molecule has 1 aromatic carbocycles. The lowest BCUT2D eigenvalue weighted by Crippen LogP contribution is -2.62. The number of benzene rings is 1. The first-order valence-electron chi connectivity index (χ1n) is 9.84. The van der Waals surface area contributed by atoms with Gasteiger partial charge in [-0.25, -0.2) is 5.48 Å². The molecule has 0 saturated carbocycles. The van der Waals surface area contributed by atoms with E-state index in [0.29, 0.717) is 0 Å². The van der Waals surface area contributed by atoms with E-state index in [9.17, 15) is 88.8 Å². The molecule has 0 spiro atoms. The van der Waals surface area contributed by atoms with Gasteiger partial charge in [-0.15, -0.1) is 0 Å². The number of alkyl halides is 18. The predicted octanol–water partition coefficient (Wildman–Crippen LogP) is 4.62. The average Bonchev–Trinajstić information content (AvgIpc) is 2.80. The summed E-state index contributed by atoms with van der Waals surface area (Å²) in [5, 5.41) is 9.68. The molecule has 24 heteroatoms. The highest BCUT2D eigenvalue weighted by Gasteiger charge is 2.85. The summed E-state index contributed by atoms with van der Waals surface area (Å²) in [4.78, 5) is 11.2. The van der Waals surface area contributed by atoms with Gasteiger partial charge in [0.2, 0.25) is 5.91 Å². The van der Waals surface area contributed by atoms with E-state index in [2.05, 4.69) is 4.76 Å². The van der Waals surface area contributed by atoms with Gasteiger partial charge in [-0.3, -0.25) is 9.55 Å². The van der Waals surface area contributed by atoms with Crippen molar-refractivity contribution in [2.75, 3.05) is 6.54 Å². The van der Waals surface area contributed by atoms with Gasteiger partial charge >= 0.3 is 55.0 Å². The zero-order chi connectivity index (χ0) is 32.8. The van der Waals surface area contributed by atoms with Gasteiger partial charge in [0.1, 0.15) is 0 Å². The molecule has 0 bridgehead atoms. The fraction of sp³-hybridized carbons (Fsp3) is 0.588. The molecular formula is C17H11BF18N2O3. The highest BCUT2D eigenvalue weighted by Crippen LogP contribution is 2.61. The van der Waals surface area contributed by atoms with Crippen LogP contribution in [0.25, 0.3) is 0 Å². The summed E-state index contributed by atoms with van der Waals surface area (Å²) < 4.78 is 246. The van der Waals surface area contributed by atoms with Crippen LogP contribution in [-0.2, 0) is 21.4 Å². The van der Waals surface area contributed by atoms with E-state index in [1.54, 1.807) is 0 Å². The Morgan fingerprint density at radius 1 is 0.707 bits per heavy atom. The molecular weight excluding hydrogens is 633 g/mol. The van der Waals surface area contributed by atoms with Gasteiger partial charge in [-0.2, -0.15) is 79.0 Å². The largest absolute Gasteiger partial charge is 0.514 e. The lowest BCUT2D eigenvalue weighted by atomic mass is 9.76. The van der Waals surface area contributed by atoms with Gasteiger partial charge < -0.3 is 10.8 Å². The van der Waals surface area contributed by atoms with Crippen molar-refractivity contribution in [2.45, 2.75) is 54.3 Å². The molecule has 0 atom stereocenters. The third-order valence-corrected chi connectivity index (χ3v) is 4.95. The van der Waals surface area contributed by atoms with Crippen LogP contribution in [0.15, 0.2) is 18.2 Å². The van der Waals surface area contributed by atoms with E-state index in [4.69, 9.17) is 5.73 Å². The molecule has 0 aliphatic heterocycles. The predicted molar refractivity (Wildman–Crippen MR) is 96.6 cm³/mol. The van der Waals surface area contributed by atoms with Gasteiger partial charge in [0, 0.05) is 24.1 Å². The first-order valence-corrected chi connectivity index (χ1v) is 9.84. The van der Waals surface area contributed by atoms with E-state index in [0.717, 1.165) is 0 Å². The van der Waals surface area contributed by atoms with Crippen molar-refractivity contribution in [3.05, 3.63) is 29.3 Å². The molecule has 4 N–H and O–H groups in total. The van der Waals surface area contributed by atoms with Crippen LogP contribution in [0.4, 0.5) is 79.0 Å². The second-order valence-electron chi connectivity index (χ2n) is 7.78. The minimum Gasteiger partial charge on any atom is -0.422 e. The molecule has 1 rings (SSSR count). The zero-order valence-electron chi connectivity index (χ0n) is 18.9. The Labute approximate surface area is 214 Å². The molecule has 0 fully saturated rings. The monoisotopic (exact) mass is 644 g/mol. The van der Waals surface area contributed by atoms with E-state index in [-0.39, 0.29) is 6.07 Å². The summed E-state index contributed by atoms with van der Waals surface area (Å²) in [5.74, 6) is -47.7. The van der Waals surface area contributed by atoms with Crippen LogP contribution in [0.5, 0.6) is 0 Å². The van der Waals surface area contributed by atoms with Crippen LogP contribution in [0.2, 0.25) is 0 Å². The van der Waals surface area contributed by atoms with Crippen molar-refractivity contribution in [1.82, 2.24) is 5.48 Å². The molecule has 1 amide bonds. The lowest BCUT2D eigenvalue weighted by Gasteiger charge is -2.38. The maximum Gasteiger partial charge on any atom is 0.514 e. The topological polar surface area (TPSA) is 84.6 Å². The molecule has 0 saturated heterocycles. The summed E-state index contributed by atoms with van der Waals surface area (Å²) >= 11 is 0. The summed E-state index contributed by atoms with van der Waals surface area (Å²) in [7, 11) is -3.05. The average molecular weight is 644 g/mol. The minimum atomic E-state index is -7.94. The Balaban J connectivity index is 4.04. The van der Waals surface area contributed by atoms with Crippen LogP contribution in [0, 0.1) is 0 Å². The Kier molecular flexibility index (Phi) is 9.67. The molecule has 0 heterocycles. The number of hydrogen-bond donors (Lipinski definition) is 3. The standard InChI is InChI=1S/C17H11BF18N2O3/c19-10(20,12(23,24)14(27,28)16(31,32)33)7-2-1-6(18(40)41-38-9(39)3-4-37)5-8(7)11(21,22)13(25,26)15(29,30)17(34,35)36/h1-2,5,40H,3-4,37H2,(H,38,39). The summed E-state index contributed by atoms with van der Waals surface area (Å²) in [6, 6.07) is -2.63. The molecule has 1 aromatic rings. The van der Waals surface area contributed by atoms with Gasteiger partial charge in [0.25, 0.3) is 0 Å². The first-order chi connectivity index (χ1) is 18.0. The van der Waals surface area contributed by atoms with Crippen LogP contribution in [0.1, 0.15) is 17.5 Å². The number of rotatable bonds is 11. The number of hydroxylamine groups is 1. The fourth-order valence-corrected chi connectivity index (χ4v) is 2.71. The van der Waals surface area contributed by atoms with Gasteiger partial charge in [0.05, 0.1) is 0 Å². The quantitative estimate of drug-likeness (QED) is 0.187. The smallest absolute Gasteiger partial charge is 0.422 e. The normalized spacial score (nSPS) is 14.7. The van der Waals surface area contributed by atoms with Crippen molar-refractivity contribution < 1.29 is 93.6 Å². The van der Waals surface area contributed by atoms with E-state index < -0.39 is 103 Å². The molecule has 0 aliphatic rings. The zero-order valence-corrected chi connectivity index (χ0v) is 18.9. The Bertz CT molecular complexity index is 1100. The number of halogens is 18. The maximum atomic E-state index is 14.6. The van der Waals surface area contributed by atoms with Crippen LogP contribution < -0.4 is 16.7 Å². The van der Waals surface area contributed by atoms with Gasteiger partial charge in [-0.05, 0) is 5.46 Å². The van der Waals surface area contributed by atoms with Crippen molar-refractivity contribution in [3.8, 4) is 0 Å². The van der Waals surface area contributed by atoms with Gasteiger partial charge in [-0.1, -0.05) is 18.2 Å². The Hall–Kier alpha value is -2.63. The highest BCUT2D eigenvalue weighted by molar-refractivity contribution is 6.60. The van der Waals surface area contributed by atoms with E-state index in [1.165, 1.54) is 5.48 Å². The number of hydrogen-bond acceptors (Lipinski definition) is 4. The van der Waals surface area contributed by atoms with Crippen LogP contribution >= 0.6 is 0 Å². The highest BCUT2D eigenvalue weighted by atomic mass is 19.4. The SMILES string of the molecule is NCCC(=O)NOB(O)c1ccc(C(F)(F)C(F)(F)C(F)(F)C(F)(F)F)c(C(F)(F)C(F)(F)C(F)(F)C(F)(F)F)c1. The van der Waals surface area contributed by atoms with Crippen molar-refractivity contribution in [3.63, 3.8) is 0 Å². The number of amides is 1. The molecule has 0 aromatic heterocycles. The summed E-state index contributed by atoms with van der Waals surface area (Å²) in [5.41, 5.74) is -3.05. The molecule has 5 nitrogen and oxygen atoms in total. The summed E-state index contributed by atoms with van der Waals surface area (Å²) in [6.07, 6.45) is -15.8. The van der Waals surface area contributed by atoms with Crippen LogP contribution in [0.3, 0.4) is 0 Å². The van der Waals surface area contributed by atoms with Gasteiger partial charge in [0.15, 0.2) is 0 Å². The van der Waals surface area contributed by atoms with E-state index in [1.807, 2.05) is 0 Å². The number of nitrogens with one attached hydrogen (secondary N) is 1. The van der Waals surface area contributed by atoms with Crippen molar-refractivity contribution in [1.29, 1.82) is 0 Å². The molecule has 41 heavy (non-hydrogen) atoms. The number of carbonyl (C=O) groups is 1. The Morgan fingerprint density at radius 2 is 1.10 bits per heavy atom. The number of nitrogens with two attached hydrogens (primary N) is 1. The Morgan fingerprint density at radius 3 is 1.46 bits per heavy atom.